The lowest BCUT2D eigenvalue weighted by atomic mass is 10.0. The molecule has 0 rings (SSSR count). The first-order valence-corrected chi connectivity index (χ1v) is 8.47. The molecule has 0 aromatic heterocycles. The molecule has 0 aromatic rings. The zero-order valence-corrected chi connectivity index (χ0v) is 13.0. The molecular formula is C12H24N2O5S. The maximum atomic E-state index is 11.5. The molecule has 1 atom stereocenters. The van der Waals surface area contributed by atoms with Crippen LogP contribution in [0.5, 0.6) is 0 Å². The van der Waals surface area contributed by atoms with Crippen molar-refractivity contribution in [2.75, 3.05) is 18.1 Å². The van der Waals surface area contributed by atoms with Crippen LogP contribution in [0, 0.1) is 5.92 Å². The van der Waals surface area contributed by atoms with Crippen LogP contribution in [-0.2, 0) is 14.6 Å². The maximum absolute atomic E-state index is 11.5. The van der Waals surface area contributed by atoms with Gasteiger partial charge in [-0.15, -0.1) is 0 Å². The van der Waals surface area contributed by atoms with E-state index in [0.29, 0.717) is 12.8 Å². The van der Waals surface area contributed by atoms with Crippen molar-refractivity contribution in [3.8, 4) is 0 Å². The number of carboxylic acids is 1. The van der Waals surface area contributed by atoms with Gasteiger partial charge >= 0.3 is 12.0 Å². The summed E-state index contributed by atoms with van der Waals surface area (Å²) >= 11 is 0. The van der Waals surface area contributed by atoms with Crippen molar-refractivity contribution in [1.29, 1.82) is 0 Å². The van der Waals surface area contributed by atoms with Crippen LogP contribution in [0.4, 0.5) is 4.79 Å². The Balaban J connectivity index is 4.06. The van der Waals surface area contributed by atoms with Gasteiger partial charge in [-0.2, -0.15) is 0 Å². The van der Waals surface area contributed by atoms with Crippen LogP contribution < -0.4 is 10.6 Å². The predicted molar refractivity (Wildman–Crippen MR) is 76.4 cm³/mol. The largest absolute Gasteiger partial charge is 0.480 e. The van der Waals surface area contributed by atoms with Gasteiger partial charge in [-0.25, -0.2) is 18.0 Å². The van der Waals surface area contributed by atoms with E-state index in [-0.39, 0.29) is 24.0 Å². The summed E-state index contributed by atoms with van der Waals surface area (Å²) in [5.41, 5.74) is 0. The van der Waals surface area contributed by atoms with Crippen molar-refractivity contribution in [2.24, 2.45) is 5.92 Å². The van der Waals surface area contributed by atoms with E-state index in [9.17, 15) is 18.0 Å². The number of nitrogens with one attached hydrogen (secondary N) is 2. The molecule has 0 aromatic carbocycles. The topological polar surface area (TPSA) is 113 Å². The first kappa shape index (κ1) is 18.7. The second-order valence-corrected chi connectivity index (χ2v) is 7.48. The Bertz CT molecular complexity index is 420. The Labute approximate surface area is 120 Å². The summed E-state index contributed by atoms with van der Waals surface area (Å²) in [6.45, 7) is 5.49. The highest BCUT2D eigenvalue weighted by Gasteiger charge is 2.20. The van der Waals surface area contributed by atoms with Crippen molar-refractivity contribution in [2.45, 2.75) is 39.7 Å². The SMILES string of the molecule is CCS(=O)(=O)CCCNC(=O)NC(CC(C)C)C(=O)O. The van der Waals surface area contributed by atoms with E-state index in [2.05, 4.69) is 10.6 Å². The first-order valence-electron chi connectivity index (χ1n) is 6.65. The van der Waals surface area contributed by atoms with Gasteiger partial charge in [-0.05, 0) is 18.8 Å². The van der Waals surface area contributed by atoms with Gasteiger partial charge in [0, 0.05) is 12.3 Å². The normalized spacial score (nSPS) is 13.0. The van der Waals surface area contributed by atoms with E-state index in [4.69, 9.17) is 5.11 Å². The van der Waals surface area contributed by atoms with Crippen LogP contribution in [0.1, 0.15) is 33.6 Å². The zero-order chi connectivity index (χ0) is 15.8. The molecule has 0 bridgehead atoms. The third-order valence-electron chi connectivity index (χ3n) is 2.67. The molecular weight excluding hydrogens is 284 g/mol. The molecule has 0 saturated heterocycles. The summed E-state index contributed by atoms with van der Waals surface area (Å²) < 4.78 is 22.5. The number of hydrogen-bond acceptors (Lipinski definition) is 4. The summed E-state index contributed by atoms with van der Waals surface area (Å²) in [5.74, 6) is -0.846. The fourth-order valence-electron chi connectivity index (χ4n) is 1.54. The summed E-state index contributed by atoms with van der Waals surface area (Å²) in [7, 11) is -3.04. The van der Waals surface area contributed by atoms with E-state index in [1.807, 2.05) is 13.8 Å². The standard InChI is InChI=1S/C12H24N2O5S/c1-4-20(18,19)7-5-6-13-12(17)14-10(11(15)16)8-9(2)3/h9-10H,4-8H2,1-3H3,(H,15,16)(H2,13,14,17). The summed E-state index contributed by atoms with van der Waals surface area (Å²) in [5, 5.41) is 13.8. The highest BCUT2D eigenvalue weighted by atomic mass is 32.2. The molecule has 0 fully saturated rings. The fourth-order valence-corrected chi connectivity index (χ4v) is 2.41. The average Bonchev–Trinajstić information content (AvgIpc) is 2.33. The Morgan fingerprint density at radius 1 is 1.25 bits per heavy atom. The van der Waals surface area contributed by atoms with Crippen molar-refractivity contribution < 1.29 is 23.1 Å². The van der Waals surface area contributed by atoms with Gasteiger partial charge in [0.1, 0.15) is 15.9 Å². The minimum absolute atomic E-state index is 0.0120. The van der Waals surface area contributed by atoms with Crippen LogP contribution in [0.2, 0.25) is 0 Å². The molecule has 0 heterocycles. The fraction of sp³-hybridized carbons (Fsp3) is 0.833. The number of sulfone groups is 1. The molecule has 0 spiro atoms. The summed E-state index contributed by atoms with van der Waals surface area (Å²) in [6.07, 6.45) is 0.651. The Hall–Kier alpha value is -1.31. The van der Waals surface area contributed by atoms with E-state index in [1.165, 1.54) is 0 Å². The lowest BCUT2D eigenvalue weighted by Crippen LogP contribution is -2.46. The third-order valence-corrected chi connectivity index (χ3v) is 4.46. The Morgan fingerprint density at radius 2 is 1.85 bits per heavy atom. The number of rotatable bonds is 9. The van der Waals surface area contributed by atoms with Crippen molar-refractivity contribution in [3.63, 3.8) is 0 Å². The third kappa shape index (κ3) is 8.73. The van der Waals surface area contributed by atoms with Gasteiger partial charge in [0.25, 0.3) is 0 Å². The van der Waals surface area contributed by atoms with E-state index >= 15 is 0 Å². The van der Waals surface area contributed by atoms with Gasteiger partial charge in [0.05, 0.1) is 5.75 Å². The second kappa shape index (κ2) is 8.78. The number of hydrogen-bond donors (Lipinski definition) is 3. The highest BCUT2D eigenvalue weighted by molar-refractivity contribution is 7.91. The molecule has 3 N–H and O–H groups in total. The van der Waals surface area contributed by atoms with Gasteiger partial charge in [-0.3, -0.25) is 0 Å². The molecule has 118 valence electrons. The van der Waals surface area contributed by atoms with Gasteiger partial charge in [0.15, 0.2) is 0 Å². The van der Waals surface area contributed by atoms with E-state index in [0.717, 1.165) is 0 Å². The zero-order valence-electron chi connectivity index (χ0n) is 12.2. The number of carbonyl (C=O) groups is 2. The van der Waals surface area contributed by atoms with Gasteiger partial charge < -0.3 is 15.7 Å². The predicted octanol–water partition coefficient (Wildman–Crippen LogP) is 0.610. The summed E-state index contributed by atoms with van der Waals surface area (Å²) in [6, 6.07) is -1.53. The Morgan fingerprint density at radius 3 is 2.30 bits per heavy atom. The van der Waals surface area contributed by atoms with Crippen molar-refractivity contribution in [1.82, 2.24) is 10.6 Å². The first-order chi connectivity index (χ1) is 9.18. The number of carboxylic acid groups (broad SMARTS) is 1. The highest BCUT2D eigenvalue weighted by Crippen LogP contribution is 2.04. The molecule has 7 nitrogen and oxygen atoms in total. The molecule has 0 aliphatic heterocycles. The van der Waals surface area contributed by atoms with Crippen LogP contribution in [0.25, 0.3) is 0 Å². The van der Waals surface area contributed by atoms with Crippen LogP contribution >= 0.6 is 0 Å². The molecule has 20 heavy (non-hydrogen) atoms. The van der Waals surface area contributed by atoms with Crippen molar-refractivity contribution >= 4 is 21.8 Å². The number of aliphatic carboxylic acids is 1. The lowest BCUT2D eigenvalue weighted by molar-refractivity contribution is -0.139. The quantitative estimate of drug-likeness (QED) is 0.540. The average molecular weight is 308 g/mol. The summed E-state index contributed by atoms with van der Waals surface area (Å²) in [4.78, 5) is 22.4. The molecule has 1 unspecified atom stereocenters. The van der Waals surface area contributed by atoms with Gasteiger partial charge in [0.2, 0.25) is 0 Å². The number of carbonyl (C=O) groups excluding carboxylic acids is 1. The molecule has 2 amide bonds. The maximum Gasteiger partial charge on any atom is 0.326 e. The van der Waals surface area contributed by atoms with Crippen molar-refractivity contribution in [3.05, 3.63) is 0 Å². The minimum Gasteiger partial charge on any atom is -0.480 e. The Kier molecular flexibility index (Phi) is 8.21. The molecule has 8 heteroatoms. The van der Waals surface area contributed by atoms with Crippen LogP contribution in [0.3, 0.4) is 0 Å². The second-order valence-electron chi connectivity index (χ2n) is 5.01. The molecule has 0 saturated carbocycles. The monoisotopic (exact) mass is 308 g/mol. The van der Waals surface area contributed by atoms with Crippen LogP contribution in [-0.4, -0.2) is 49.6 Å². The molecule has 0 aliphatic rings. The van der Waals surface area contributed by atoms with E-state index < -0.39 is 27.9 Å². The lowest BCUT2D eigenvalue weighted by Gasteiger charge is -2.16. The smallest absolute Gasteiger partial charge is 0.326 e. The van der Waals surface area contributed by atoms with E-state index in [1.54, 1.807) is 6.92 Å². The minimum atomic E-state index is -3.04. The molecule has 0 aliphatic carbocycles. The molecule has 0 radical (unpaired) electrons. The number of urea groups is 1. The van der Waals surface area contributed by atoms with Gasteiger partial charge in [-0.1, -0.05) is 20.8 Å². The number of amides is 2. The van der Waals surface area contributed by atoms with Crippen LogP contribution in [0.15, 0.2) is 0 Å².